The molecule has 0 radical (unpaired) electrons. The Balaban J connectivity index is 1.75. The molecule has 2 nitrogen and oxygen atoms in total. The first-order valence-corrected chi connectivity index (χ1v) is 4.78. The second-order valence-corrected chi connectivity index (χ2v) is 3.65. The molecule has 0 bridgehead atoms. The molecule has 1 saturated carbocycles. The molecule has 0 heterocycles. The van der Waals surface area contributed by atoms with Crippen molar-refractivity contribution in [2.24, 2.45) is 5.92 Å². The maximum Gasteiger partial charge on any atom is 0.0474 e. The molecule has 1 aliphatic rings. The van der Waals surface area contributed by atoms with E-state index in [2.05, 4.69) is 17.4 Å². The minimum absolute atomic E-state index is 0.326. The lowest BCUT2D eigenvalue weighted by Gasteiger charge is -2.02. The van der Waals surface area contributed by atoms with Gasteiger partial charge < -0.3 is 10.4 Å². The summed E-state index contributed by atoms with van der Waals surface area (Å²) in [4.78, 5) is 0. The molecule has 1 fully saturated rings. The fourth-order valence-corrected chi connectivity index (χ4v) is 1.54. The molecule has 0 aromatic heterocycles. The van der Waals surface area contributed by atoms with Crippen molar-refractivity contribution in [3.05, 3.63) is 35.9 Å². The van der Waals surface area contributed by atoms with Crippen LogP contribution in [0.4, 0.5) is 0 Å². The van der Waals surface area contributed by atoms with Gasteiger partial charge in [-0.25, -0.2) is 0 Å². The van der Waals surface area contributed by atoms with Crippen LogP contribution in [-0.4, -0.2) is 17.8 Å². The molecule has 2 atom stereocenters. The number of nitrogens with one attached hydrogen (secondary N) is 1. The van der Waals surface area contributed by atoms with Gasteiger partial charge in [0.05, 0.1) is 0 Å². The van der Waals surface area contributed by atoms with Gasteiger partial charge in [0.15, 0.2) is 0 Å². The lowest BCUT2D eigenvalue weighted by molar-refractivity contribution is 0.270. The summed E-state index contributed by atoms with van der Waals surface area (Å²) in [5.74, 6) is 0.503. The summed E-state index contributed by atoms with van der Waals surface area (Å²) in [6.07, 6.45) is 1.13. The summed E-state index contributed by atoms with van der Waals surface area (Å²) in [7, 11) is 0. The largest absolute Gasteiger partial charge is 0.396 e. The number of hydrogen-bond donors (Lipinski definition) is 2. The van der Waals surface area contributed by atoms with Gasteiger partial charge in [0.25, 0.3) is 0 Å². The molecule has 70 valence electrons. The average molecular weight is 177 g/mol. The Bertz CT molecular complexity index is 260. The Morgan fingerprint density at radius 2 is 2.08 bits per heavy atom. The summed E-state index contributed by atoms with van der Waals surface area (Å²) in [5.41, 5.74) is 1.31. The maximum absolute atomic E-state index is 8.83. The first kappa shape index (κ1) is 8.73. The number of aliphatic hydroxyl groups excluding tert-OH is 1. The highest BCUT2D eigenvalue weighted by molar-refractivity contribution is 5.14. The van der Waals surface area contributed by atoms with E-state index in [1.807, 2.05) is 18.2 Å². The summed E-state index contributed by atoms with van der Waals surface area (Å²) < 4.78 is 0. The first-order valence-electron chi connectivity index (χ1n) is 4.78. The highest BCUT2D eigenvalue weighted by Gasteiger charge is 2.35. The summed E-state index contributed by atoms with van der Waals surface area (Å²) in [6.45, 7) is 1.24. The molecule has 0 saturated heterocycles. The van der Waals surface area contributed by atoms with E-state index in [0.717, 1.165) is 13.0 Å². The van der Waals surface area contributed by atoms with Crippen LogP contribution in [0.2, 0.25) is 0 Å². The van der Waals surface area contributed by atoms with Crippen LogP contribution < -0.4 is 5.32 Å². The van der Waals surface area contributed by atoms with Crippen molar-refractivity contribution in [1.82, 2.24) is 5.32 Å². The van der Waals surface area contributed by atoms with E-state index in [1.54, 1.807) is 0 Å². The fraction of sp³-hybridized carbons (Fsp3) is 0.455. The third-order valence-electron chi connectivity index (χ3n) is 2.57. The number of rotatable bonds is 4. The lowest BCUT2D eigenvalue weighted by atomic mass is 10.2. The van der Waals surface area contributed by atoms with Crippen molar-refractivity contribution in [3.8, 4) is 0 Å². The molecule has 1 aliphatic carbocycles. The Hall–Kier alpha value is -0.860. The van der Waals surface area contributed by atoms with Crippen LogP contribution in [0.15, 0.2) is 30.3 Å². The van der Waals surface area contributed by atoms with Gasteiger partial charge in [-0.3, -0.25) is 0 Å². The number of benzene rings is 1. The minimum atomic E-state index is 0.326. The fourth-order valence-electron chi connectivity index (χ4n) is 1.54. The first-order chi connectivity index (χ1) is 6.40. The SMILES string of the molecule is OC[C@@H]1C[C@H]1NCc1ccccc1. The van der Waals surface area contributed by atoms with Gasteiger partial charge in [0.1, 0.15) is 0 Å². The van der Waals surface area contributed by atoms with Gasteiger partial charge in [0.2, 0.25) is 0 Å². The van der Waals surface area contributed by atoms with Gasteiger partial charge in [-0.2, -0.15) is 0 Å². The Morgan fingerprint density at radius 1 is 1.31 bits per heavy atom. The van der Waals surface area contributed by atoms with Crippen molar-refractivity contribution in [2.45, 2.75) is 19.0 Å². The third-order valence-corrected chi connectivity index (χ3v) is 2.57. The van der Waals surface area contributed by atoms with Crippen LogP contribution in [0.5, 0.6) is 0 Å². The lowest BCUT2D eigenvalue weighted by Crippen LogP contribution is -2.18. The van der Waals surface area contributed by atoms with E-state index < -0.39 is 0 Å². The molecule has 0 unspecified atom stereocenters. The molecule has 13 heavy (non-hydrogen) atoms. The van der Waals surface area contributed by atoms with E-state index in [-0.39, 0.29) is 0 Å². The quantitative estimate of drug-likeness (QED) is 0.723. The maximum atomic E-state index is 8.83. The summed E-state index contributed by atoms with van der Waals surface area (Å²) in [5, 5.41) is 12.2. The molecular weight excluding hydrogens is 162 g/mol. The van der Waals surface area contributed by atoms with Crippen LogP contribution in [0, 0.1) is 5.92 Å². The minimum Gasteiger partial charge on any atom is -0.396 e. The highest BCUT2D eigenvalue weighted by Crippen LogP contribution is 2.29. The van der Waals surface area contributed by atoms with E-state index in [0.29, 0.717) is 18.6 Å². The van der Waals surface area contributed by atoms with Crippen molar-refractivity contribution >= 4 is 0 Å². The summed E-state index contributed by atoms with van der Waals surface area (Å²) in [6, 6.07) is 10.9. The highest BCUT2D eigenvalue weighted by atomic mass is 16.3. The molecule has 0 spiro atoms. The standard InChI is InChI=1S/C11H15NO/c13-8-10-6-11(10)12-7-9-4-2-1-3-5-9/h1-5,10-13H,6-8H2/t10-,11+/m0/s1. The molecular formula is C11H15NO. The van der Waals surface area contributed by atoms with Gasteiger partial charge in [0, 0.05) is 19.2 Å². The molecule has 0 aliphatic heterocycles. The zero-order chi connectivity index (χ0) is 9.10. The third kappa shape index (κ3) is 2.29. The van der Waals surface area contributed by atoms with Crippen LogP contribution >= 0.6 is 0 Å². The van der Waals surface area contributed by atoms with E-state index in [1.165, 1.54) is 5.56 Å². The van der Waals surface area contributed by atoms with Crippen LogP contribution in [0.25, 0.3) is 0 Å². The normalized spacial score (nSPS) is 25.9. The second kappa shape index (κ2) is 3.90. The molecule has 2 heteroatoms. The van der Waals surface area contributed by atoms with Crippen LogP contribution in [0.1, 0.15) is 12.0 Å². The Morgan fingerprint density at radius 3 is 2.69 bits per heavy atom. The zero-order valence-electron chi connectivity index (χ0n) is 7.61. The molecule has 1 aromatic rings. The topological polar surface area (TPSA) is 32.3 Å². The van der Waals surface area contributed by atoms with E-state index in [9.17, 15) is 0 Å². The molecule has 2 N–H and O–H groups in total. The average Bonchev–Trinajstić information content (AvgIpc) is 2.95. The number of aliphatic hydroxyl groups is 1. The monoisotopic (exact) mass is 177 g/mol. The predicted molar refractivity (Wildman–Crippen MR) is 52.3 cm³/mol. The van der Waals surface area contributed by atoms with Crippen LogP contribution in [0.3, 0.4) is 0 Å². The molecule has 1 aromatic carbocycles. The summed E-state index contributed by atoms with van der Waals surface area (Å²) >= 11 is 0. The van der Waals surface area contributed by atoms with Crippen molar-refractivity contribution in [2.75, 3.05) is 6.61 Å². The smallest absolute Gasteiger partial charge is 0.0474 e. The van der Waals surface area contributed by atoms with Crippen molar-refractivity contribution in [3.63, 3.8) is 0 Å². The van der Waals surface area contributed by atoms with Gasteiger partial charge >= 0.3 is 0 Å². The van der Waals surface area contributed by atoms with Crippen molar-refractivity contribution in [1.29, 1.82) is 0 Å². The Labute approximate surface area is 78.6 Å². The number of hydrogen-bond acceptors (Lipinski definition) is 2. The molecule has 2 rings (SSSR count). The van der Waals surface area contributed by atoms with Crippen LogP contribution in [-0.2, 0) is 6.54 Å². The van der Waals surface area contributed by atoms with Gasteiger partial charge in [-0.15, -0.1) is 0 Å². The Kier molecular flexibility index (Phi) is 2.62. The second-order valence-electron chi connectivity index (χ2n) is 3.65. The predicted octanol–water partition coefficient (Wildman–Crippen LogP) is 1.16. The zero-order valence-corrected chi connectivity index (χ0v) is 7.61. The van der Waals surface area contributed by atoms with Crippen molar-refractivity contribution < 1.29 is 5.11 Å². The van der Waals surface area contributed by atoms with Gasteiger partial charge in [-0.05, 0) is 17.9 Å². The van der Waals surface area contributed by atoms with E-state index in [4.69, 9.17) is 5.11 Å². The molecule has 0 amide bonds. The van der Waals surface area contributed by atoms with E-state index >= 15 is 0 Å². The van der Waals surface area contributed by atoms with Gasteiger partial charge in [-0.1, -0.05) is 30.3 Å².